The van der Waals surface area contributed by atoms with Crippen LogP contribution in [0.15, 0.2) is 24.3 Å². The topological polar surface area (TPSA) is 15.3 Å². The summed E-state index contributed by atoms with van der Waals surface area (Å²) in [6, 6.07) is 9.04. The molecule has 0 radical (unpaired) electrons. The van der Waals surface area contributed by atoms with Gasteiger partial charge in [-0.1, -0.05) is 37.0 Å². The molecule has 0 amide bonds. The molecule has 0 aromatic heterocycles. The lowest BCUT2D eigenvalue weighted by atomic mass is 9.77. The molecule has 3 rings (SSSR count). The number of nitrogens with zero attached hydrogens (tertiary/aromatic N) is 1. The molecule has 1 aliphatic heterocycles. The number of benzene rings is 1. The lowest BCUT2D eigenvalue weighted by Gasteiger charge is -2.53. The summed E-state index contributed by atoms with van der Waals surface area (Å²) >= 11 is 0. The summed E-state index contributed by atoms with van der Waals surface area (Å²) in [5, 5.41) is 3.98. The Bertz CT molecular complexity index is 455. The van der Waals surface area contributed by atoms with Gasteiger partial charge in [0.05, 0.1) is 0 Å². The zero-order valence-electron chi connectivity index (χ0n) is 13.2. The maximum atomic E-state index is 3.98. The number of anilines is 1. The summed E-state index contributed by atoms with van der Waals surface area (Å²) in [6.45, 7) is 9.12. The van der Waals surface area contributed by atoms with Crippen molar-refractivity contribution in [3.05, 3.63) is 29.8 Å². The zero-order valence-corrected chi connectivity index (χ0v) is 13.2. The predicted molar refractivity (Wildman–Crippen MR) is 86.4 cm³/mol. The Kier molecular flexibility index (Phi) is 3.53. The van der Waals surface area contributed by atoms with E-state index in [9.17, 15) is 0 Å². The Morgan fingerprint density at radius 2 is 1.60 bits per heavy atom. The molecule has 20 heavy (non-hydrogen) atoms. The molecular formula is C18H28N2. The van der Waals surface area contributed by atoms with Crippen LogP contribution in [0.25, 0.3) is 0 Å². The fraction of sp³-hybridized carbons (Fsp3) is 0.667. The molecule has 1 spiro atoms. The van der Waals surface area contributed by atoms with Gasteiger partial charge in [0, 0.05) is 29.9 Å². The third kappa shape index (κ3) is 2.85. The van der Waals surface area contributed by atoms with E-state index in [1.807, 2.05) is 0 Å². The van der Waals surface area contributed by atoms with E-state index in [0.29, 0.717) is 5.54 Å². The Morgan fingerprint density at radius 3 is 2.25 bits per heavy atom. The van der Waals surface area contributed by atoms with E-state index in [0.717, 1.165) is 6.54 Å². The van der Waals surface area contributed by atoms with Crippen LogP contribution in [0.4, 0.5) is 5.69 Å². The minimum atomic E-state index is 0.195. The normalized spacial score (nSPS) is 24.9. The van der Waals surface area contributed by atoms with Gasteiger partial charge >= 0.3 is 0 Å². The summed E-state index contributed by atoms with van der Waals surface area (Å²) in [7, 11) is 0. The molecule has 1 saturated heterocycles. The van der Waals surface area contributed by atoms with E-state index in [2.05, 4.69) is 55.3 Å². The minimum Gasteiger partial charge on any atom is -0.368 e. The third-order valence-electron chi connectivity index (χ3n) is 4.89. The van der Waals surface area contributed by atoms with Crippen molar-refractivity contribution in [2.24, 2.45) is 0 Å². The molecule has 0 atom stereocenters. The highest BCUT2D eigenvalue weighted by atomic mass is 15.3. The van der Waals surface area contributed by atoms with Crippen LogP contribution < -0.4 is 10.2 Å². The first-order valence-corrected chi connectivity index (χ1v) is 8.09. The number of nitrogens with one attached hydrogen (secondary N) is 1. The highest BCUT2D eigenvalue weighted by Crippen LogP contribution is 2.36. The molecule has 1 aliphatic carbocycles. The van der Waals surface area contributed by atoms with Gasteiger partial charge in [-0.25, -0.2) is 0 Å². The van der Waals surface area contributed by atoms with E-state index in [1.165, 1.54) is 49.9 Å². The van der Waals surface area contributed by atoms with Crippen molar-refractivity contribution in [3.8, 4) is 0 Å². The van der Waals surface area contributed by atoms with Crippen LogP contribution in [0.2, 0.25) is 0 Å². The van der Waals surface area contributed by atoms with E-state index in [1.54, 1.807) is 0 Å². The van der Waals surface area contributed by atoms with Gasteiger partial charge in [-0.2, -0.15) is 0 Å². The number of hydrogen-bond acceptors (Lipinski definition) is 2. The maximum Gasteiger partial charge on any atom is 0.0367 e. The van der Waals surface area contributed by atoms with E-state index in [-0.39, 0.29) is 5.54 Å². The van der Waals surface area contributed by atoms with Crippen molar-refractivity contribution in [3.63, 3.8) is 0 Å². The first kappa shape index (κ1) is 13.9. The molecule has 0 unspecified atom stereocenters. The molecule has 1 heterocycles. The van der Waals surface area contributed by atoms with Crippen LogP contribution in [0, 0.1) is 6.92 Å². The predicted octanol–water partition coefficient (Wildman–Crippen LogP) is 3.89. The quantitative estimate of drug-likeness (QED) is 0.834. The highest BCUT2D eigenvalue weighted by molar-refractivity contribution is 5.49. The van der Waals surface area contributed by atoms with Crippen LogP contribution in [0.3, 0.4) is 0 Å². The standard InChI is InChI=1S/C18H28N2/c1-15-7-9-16(10-8-15)20-13-17(2,3)19-18(14-20)11-5-4-6-12-18/h7-10,19H,4-6,11-14H2,1-3H3. The Labute approximate surface area is 123 Å². The van der Waals surface area contributed by atoms with E-state index >= 15 is 0 Å². The van der Waals surface area contributed by atoms with Crippen LogP contribution in [-0.4, -0.2) is 24.2 Å². The Balaban J connectivity index is 1.85. The van der Waals surface area contributed by atoms with Crippen molar-refractivity contribution < 1.29 is 0 Å². The van der Waals surface area contributed by atoms with Crippen molar-refractivity contribution in [1.82, 2.24) is 5.32 Å². The van der Waals surface area contributed by atoms with E-state index < -0.39 is 0 Å². The second-order valence-electron chi connectivity index (χ2n) is 7.54. The molecule has 0 bridgehead atoms. The fourth-order valence-electron chi connectivity index (χ4n) is 4.15. The molecule has 2 fully saturated rings. The number of hydrogen-bond donors (Lipinski definition) is 1. The second kappa shape index (κ2) is 5.07. The van der Waals surface area contributed by atoms with Gasteiger partial charge in [0.25, 0.3) is 0 Å². The fourth-order valence-corrected chi connectivity index (χ4v) is 4.15. The molecule has 1 N–H and O–H groups in total. The maximum absolute atomic E-state index is 3.98. The number of piperazine rings is 1. The second-order valence-corrected chi connectivity index (χ2v) is 7.54. The van der Waals surface area contributed by atoms with Crippen LogP contribution in [0.1, 0.15) is 51.5 Å². The summed E-state index contributed by atoms with van der Waals surface area (Å²) in [6.07, 6.45) is 6.83. The monoisotopic (exact) mass is 272 g/mol. The Hall–Kier alpha value is -1.02. The smallest absolute Gasteiger partial charge is 0.0367 e. The first-order chi connectivity index (χ1) is 9.48. The van der Waals surface area contributed by atoms with Gasteiger partial charge in [-0.3, -0.25) is 0 Å². The molecule has 1 aromatic rings. The SMILES string of the molecule is Cc1ccc(N2CC(C)(C)NC3(CCCCC3)C2)cc1. The number of rotatable bonds is 1. The lowest BCUT2D eigenvalue weighted by Crippen LogP contribution is -2.69. The average Bonchev–Trinajstić information content (AvgIpc) is 2.38. The van der Waals surface area contributed by atoms with Crippen molar-refractivity contribution in [2.75, 3.05) is 18.0 Å². The Morgan fingerprint density at radius 1 is 0.950 bits per heavy atom. The molecular weight excluding hydrogens is 244 g/mol. The summed E-state index contributed by atoms with van der Waals surface area (Å²) in [5.74, 6) is 0. The summed E-state index contributed by atoms with van der Waals surface area (Å²) < 4.78 is 0. The first-order valence-electron chi connectivity index (χ1n) is 8.09. The van der Waals surface area contributed by atoms with Crippen LogP contribution >= 0.6 is 0 Å². The third-order valence-corrected chi connectivity index (χ3v) is 4.89. The van der Waals surface area contributed by atoms with Crippen molar-refractivity contribution in [1.29, 1.82) is 0 Å². The van der Waals surface area contributed by atoms with Gasteiger partial charge in [0.1, 0.15) is 0 Å². The lowest BCUT2D eigenvalue weighted by molar-refractivity contribution is 0.146. The number of aryl methyl sites for hydroxylation is 1. The minimum absolute atomic E-state index is 0.195. The van der Waals surface area contributed by atoms with Gasteiger partial charge in [0.15, 0.2) is 0 Å². The highest BCUT2D eigenvalue weighted by Gasteiger charge is 2.43. The van der Waals surface area contributed by atoms with Crippen LogP contribution in [-0.2, 0) is 0 Å². The molecule has 2 heteroatoms. The summed E-state index contributed by atoms with van der Waals surface area (Å²) in [5.41, 5.74) is 3.26. The van der Waals surface area contributed by atoms with Gasteiger partial charge < -0.3 is 10.2 Å². The molecule has 1 saturated carbocycles. The molecule has 2 aliphatic rings. The average molecular weight is 272 g/mol. The van der Waals surface area contributed by atoms with Gasteiger partial charge in [-0.15, -0.1) is 0 Å². The summed E-state index contributed by atoms with van der Waals surface area (Å²) in [4.78, 5) is 2.60. The molecule has 1 aromatic carbocycles. The zero-order chi connectivity index (χ0) is 14.2. The van der Waals surface area contributed by atoms with Gasteiger partial charge in [-0.05, 0) is 45.7 Å². The van der Waals surface area contributed by atoms with Crippen LogP contribution in [0.5, 0.6) is 0 Å². The van der Waals surface area contributed by atoms with Crippen molar-refractivity contribution >= 4 is 5.69 Å². The molecule has 110 valence electrons. The van der Waals surface area contributed by atoms with E-state index in [4.69, 9.17) is 0 Å². The van der Waals surface area contributed by atoms with Gasteiger partial charge in [0.2, 0.25) is 0 Å². The van der Waals surface area contributed by atoms with Crippen molar-refractivity contribution in [2.45, 2.75) is 64.0 Å². The largest absolute Gasteiger partial charge is 0.368 e. The molecule has 2 nitrogen and oxygen atoms in total.